The minimum absolute atomic E-state index is 0.327. The van der Waals surface area contributed by atoms with Crippen molar-refractivity contribution in [2.75, 3.05) is 6.54 Å². The van der Waals surface area contributed by atoms with E-state index >= 15 is 0 Å². The fraction of sp³-hybridized carbons (Fsp3) is 0.667. The number of nitrogens with zero attached hydrogens (tertiary/aromatic N) is 1. The number of hydrogen-bond donors (Lipinski definition) is 1. The molecule has 1 aliphatic heterocycles. The number of rotatable bonds is 5. The van der Waals surface area contributed by atoms with Crippen LogP contribution in [-0.2, 0) is 0 Å². The number of allylic oxidation sites excluding steroid dienone is 1. The van der Waals surface area contributed by atoms with E-state index in [-0.39, 0.29) is 0 Å². The molecule has 3 heteroatoms. The molecule has 0 aromatic rings. The van der Waals surface area contributed by atoms with E-state index in [4.69, 9.17) is 17.0 Å². The predicted octanol–water partition coefficient (Wildman–Crippen LogP) is 3.80. The molecule has 1 aliphatic rings. The van der Waals surface area contributed by atoms with Crippen LogP contribution >= 0.6 is 11.6 Å². The molecule has 0 aromatic heterocycles. The highest BCUT2D eigenvalue weighted by molar-refractivity contribution is 6.36. The number of aliphatic imine (C=N–C) groups is 1. The zero-order chi connectivity index (χ0) is 11.3. The molecule has 84 valence electrons. The van der Waals surface area contributed by atoms with Crippen molar-refractivity contribution in [2.45, 2.75) is 39.5 Å². The zero-order valence-corrected chi connectivity index (χ0v) is 10.3. The summed E-state index contributed by atoms with van der Waals surface area (Å²) in [6.07, 6.45) is 5.59. The van der Waals surface area contributed by atoms with Crippen LogP contribution in [-0.4, -0.2) is 18.5 Å². The molecule has 1 heterocycles. The maximum absolute atomic E-state index is 7.41. The molecule has 0 saturated carbocycles. The second-order valence-electron chi connectivity index (χ2n) is 3.90. The van der Waals surface area contributed by atoms with Crippen LogP contribution in [0.2, 0.25) is 0 Å². The van der Waals surface area contributed by atoms with Crippen LogP contribution in [0, 0.1) is 11.3 Å². The van der Waals surface area contributed by atoms with Crippen LogP contribution in [0.25, 0.3) is 0 Å². The van der Waals surface area contributed by atoms with Crippen LogP contribution in [0.1, 0.15) is 39.5 Å². The van der Waals surface area contributed by atoms with Crippen LogP contribution in [0.5, 0.6) is 0 Å². The molecule has 0 aliphatic carbocycles. The average molecular weight is 227 g/mol. The first-order valence-corrected chi connectivity index (χ1v) is 6.06. The monoisotopic (exact) mass is 226 g/mol. The maximum Gasteiger partial charge on any atom is 0.0470 e. The summed E-state index contributed by atoms with van der Waals surface area (Å²) in [6.45, 7) is 5.07. The molecule has 0 radical (unpaired) electrons. The largest absolute Gasteiger partial charge is 0.308 e. The number of nitrogens with one attached hydrogen (secondary N) is 1. The minimum Gasteiger partial charge on any atom is -0.308 e. The molecule has 15 heavy (non-hydrogen) atoms. The first-order valence-electron chi connectivity index (χ1n) is 5.68. The summed E-state index contributed by atoms with van der Waals surface area (Å²) in [7, 11) is 0. The van der Waals surface area contributed by atoms with Crippen molar-refractivity contribution in [2.24, 2.45) is 10.9 Å². The van der Waals surface area contributed by atoms with Crippen molar-refractivity contribution in [3.63, 3.8) is 0 Å². The number of hydrogen-bond acceptors (Lipinski definition) is 2. The zero-order valence-electron chi connectivity index (χ0n) is 9.52. The molecule has 0 bridgehead atoms. The van der Waals surface area contributed by atoms with Gasteiger partial charge in [-0.3, -0.25) is 4.99 Å². The van der Waals surface area contributed by atoms with E-state index in [1.165, 1.54) is 6.21 Å². The van der Waals surface area contributed by atoms with Crippen molar-refractivity contribution in [3.05, 3.63) is 10.6 Å². The number of halogens is 1. The molecule has 1 rings (SSSR count). The Hall–Kier alpha value is -0.630. The van der Waals surface area contributed by atoms with Gasteiger partial charge < -0.3 is 5.41 Å². The second kappa shape index (κ2) is 6.06. The fourth-order valence-corrected chi connectivity index (χ4v) is 2.15. The van der Waals surface area contributed by atoms with Gasteiger partial charge in [-0.2, -0.15) is 0 Å². The Kier molecular flexibility index (Phi) is 5.03. The van der Waals surface area contributed by atoms with Crippen molar-refractivity contribution < 1.29 is 0 Å². The molecule has 0 saturated heterocycles. The van der Waals surface area contributed by atoms with Crippen LogP contribution in [0.15, 0.2) is 15.6 Å². The molecule has 0 spiro atoms. The van der Waals surface area contributed by atoms with Gasteiger partial charge in [-0.25, -0.2) is 0 Å². The van der Waals surface area contributed by atoms with E-state index in [0.29, 0.717) is 5.92 Å². The fourth-order valence-electron chi connectivity index (χ4n) is 1.76. The highest BCUT2D eigenvalue weighted by Gasteiger charge is 2.21. The first kappa shape index (κ1) is 12.4. The van der Waals surface area contributed by atoms with E-state index < -0.39 is 0 Å². The third-order valence-corrected chi connectivity index (χ3v) is 3.35. The van der Waals surface area contributed by atoms with Crippen molar-refractivity contribution in [3.8, 4) is 0 Å². The Morgan fingerprint density at radius 3 is 2.80 bits per heavy atom. The van der Waals surface area contributed by atoms with Gasteiger partial charge in [0.1, 0.15) is 0 Å². The van der Waals surface area contributed by atoms with Gasteiger partial charge in [-0.05, 0) is 19.3 Å². The van der Waals surface area contributed by atoms with Gasteiger partial charge in [0.2, 0.25) is 0 Å². The van der Waals surface area contributed by atoms with E-state index in [1.54, 1.807) is 0 Å². The van der Waals surface area contributed by atoms with E-state index in [0.717, 1.165) is 48.5 Å². The van der Waals surface area contributed by atoms with E-state index in [1.807, 2.05) is 0 Å². The Balaban J connectivity index is 2.83. The normalized spacial score (nSPS) is 21.5. The molecular weight excluding hydrogens is 208 g/mol. The van der Waals surface area contributed by atoms with Gasteiger partial charge in [0.15, 0.2) is 0 Å². The molecule has 1 N–H and O–H groups in total. The smallest absolute Gasteiger partial charge is 0.0470 e. The lowest BCUT2D eigenvalue weighted by atomic mass is 9.94. The molecular formula is C12H19ClN2. The van der Waals surface area contributed by atoms with E-state index in [2.05, 4.69) is 18.8 Å². The van der Waals surface area contributed by atoms with Crippen molar-refractivity contribution >= 4 is 23.5 Å². The molecule has 0 fully saturated rings. The lowest BCUT2D eigenvalue weighted by molar-refractivity contribution is 0.619. The number of dihydropyridines is 1. The van der Waals surface area contributed by atoms with Crippen LogP contribution in [0.3, 0.4) is 0 Å². The van der Waals surface area contributed by atoms with Crippen molar-refractivity contribution in [1.29, 1.82) is 5.41 Å². The summed E-state index contributed by atoms with van der Waals surface area (Å²) >= 11 is 6.27. The summed E-state index contributed by atoms with van der Waals surface area (Å²) in [6, 6.07) is 0. The third-order valence-electron chi connectivity index (χ3n) is 2.83. The Morgan fingerprint density at radius 2 is 2.27 bits per heavy atom. The first-order chi connectivity index (χ1) is 7.24. The lowest BCUT2D eigenvalue weighted by Crippen LogP contribution is -2.19. The predicted molar refractivity (Wildman–Crippen MR) is 67.3 cm³/mol. The van der Waals surface area contributed by atoms with E-state index in [9.17, 15) is 0 Å². The Morgan fingerprint density at radius 1 is 1.53 bits per heavy atom. The van der Waals surface area contributed by atoms with Gasteiger partial charge in [0, 0.05) is 35.0 Å². The van der Waals surface area contributed by atoms with Crippen LogP contribution < -0.4 is 0 Å². The Labute approximate surface area is 96.9 Å². The summed E-state index contributed by atoms with van der Waals surface area (Å²) in [4.78, 5) is 4.54. The topological polar surface area (TPSA) is 36.2 Å². The minimum atomic E-state index is 0.327. The van der Waals surface area contributed by atoms with Crippen molar-refractivity contribution in [1.82, 2.24) is 0 Å². The van der Waals surface area contributed by atoms with Gasteiger partial charge in [0.25, 0.3) is 0 Å². The SMILES string of the molecule is CCCCC1=NCC(CC)C(Cl)=C1C=N. The third kappa shape index (κ3) is 2.91. The summed E-state index contributed by atoms with van der Waals surface area (Å²) < 4.78 is 0. The lowest BCUT2D eigenvalue weighted by Gasteiger charge is -2.21. The molecule has 2 nitrogen and oxygen atoms in total. The highest BCUT2D eigenvalue weighted by Crippen LogP contribution is 2.28. The highest BCUT2D eigenvalue weighted by atomic mass is 35.5. The molecule has 1 atom stereocenters. The van der Waals surface area contributed by atoms with Gasteiger partial charge >= 0.3 is 0 Å². The number of unbranched alkanes of at least 4 members (excludes halogenated alkanes) is 1. The summed E-state index contributed by atoms with van der Waals surface area (Å²) in [5.74, 6) is 0.327. The Bertz CT molecular complexity index is 292. The maximum atomic E-state index is 7.41. The average Bonchev–Trinajstić information content (AvgIpc) is 2.26. The molecule has 0 aromatic carbocycles. The van der Waals surface area contributed by atoms with Gasteiger partial charge in [0.05, 0.1) is 0 Å². The standard InChI is InChI=1S/C12H19ClN2/c1-3-5-6-11-10(7-14)12(13)9(4-2)8-15-11/h7,9,14H,3-6,8H2,1-2H3. The second-order valence-corrected chi connectivity index (χ2v) is 4.31. The quantitative estimate of drug-likeness (QED) is 0.693. The van der Waals surface area contributed by atoms with Gasteiger partial charge in [-0.15, -0.1) is 0 Å². The molecule has 0 amide bonds. The van der Waals surface area contributed by atoms with Gasteiger partial charge in [-0.1, -0.05) is 31.9 Å². The van der Waals surface area contributed by atoms with Crippen LogP contribution in [0.4, 0.5) is 0 Å². The molecule has 1 unspecified atom stereocenters. The summed E-state index contributed by atoms with van der Waals surface area (Å²) in [5.41, 5.74) is 1.89. The summed E-state index contributed by atoms with van der Waals surface area (Å²) in [5, 5.41) is 8.25.